The summed E-state index contributed by atoms with van der Waals surface area (Å²) in [6.07, 6.45) is 1.66. The van der Waals surface area contributed by atoms with Crippen molar-refractivity contribution in [3.8, 4) is 11.5 Å². The van der Waals surface area contributed by atoms with Crippen LogP contribution in [0.1, 0.15) is 24.5 Å². The molecule has 6 nitrogen and oxygen atoms in total. The van der Waals surface area contributed by atoms with Gasteiger partial charge in [-0.25, -0.2) is 0 Å². The van der Waals surface area contributed by atoms with Crippen LogP contribution in [-0.2, 0) is 22.4 Å². The highest BCUT2D eigenvalue weighted by Crippen LogP contribution is 2.23. The van der Waals surface area contributed by atoms with Crippen LogP contribution < -0.4 is 14.8 Å². The third-order valence-corrected chi connectivity index (χ3v) is 4.52. The van der Waals surface area contributed by atoms with Gasteiger partial charge < -0.3 is 19.7 Å². The lowest BCUT2D eigenvalue weighted by atomic mass is 10.1. The van der Waals surface area contributed by atoms with E-state index >= 15 is 0 Å². The molecule has 0 aromatic heterocycles. The van der Waals surface area contributed by atoms with Crippen molar-refractivity contribution in [3.63, 3.8) is 0 Å². The Kier molecular flexibility index (Phi) is 7.87. The number of hydrogen-bond acceptors (Lipinski definition) is 4. The number of carbonyl (C=O) groups excluding carboxylic acids is 2. The van der Waals surface area contributed by atoms with Crippen LogP contribution in [0.3, 0.4) is 0 Å². The lowest BCUT2D eigenvalue weighted by Crippen LogP contribution is -2.35. The first-order chi connectivity index (χ1) is 13.5. The molecule has 6 heteroatoms. The number of para-hydroxylation sites is 1. The number of likely N-dealkylation sites (N-methyl/N-ethyl adjacent to an activating group) is 1. The molecule has 0 spiro atoms. The number of anilines is 1. The standard InChI is InChI=1S/C22H28N2O4/c1-5-17-8-6-7-9-20(17)23-21(25)15-24(2)22(26)11-10-16-12-18(27-3)14-19(13-16)28-4/h6-9,12-14H,5,10-11,15H2,1-4H3,(H,23,25). The number of nitrogens with zero attached hydrogens (tertiary/aromatic N) is 1. The van der Waals surface area contributed by atoms with E-state index in [1.54, 1.807) is 27.3 Å². The summed E-state index contributed by atoms with van der Waals surface area (Å²) in [5.74, 6) is 1.06. The zero-order chi connectivity index (χ0) is 20.5. The van der Waals surface area contributed by atoms with Crippen LogP contribution in [0.5, 0.6) is 11.5 Å². The minimum absolute atomic E-state index is 0.0122. The maximum atomic E-state index is 12.4. The minimum atomic E-state index is -0.209. The third kappa shape index (κ3) is 6.01. The molecule has 0 saturated heterocycles. The number of methoxy groups -OCH3 is 2. The number of nitrogens with one attached hydrogen (secondary N) is 1. The van der Waals surface area contributed by atoms with E-state index in [9.17, 15) is 9.59 Å². The Bertz CT molecular complexity index is 798. The van der Waals surface area contributed by atoms with Crippen LogP contribution in [0.25, 0.3) is 0 Å². The van der Waals surface area contributed by atoms with Gasteiger partial charge in [0, 0.05) is 25.2 Å². The first kappa shape index (κ1) is 21.3. The molecule has 0 heterocycles. The van der Waals surface area contributed by atoms with Gasteiger partial charge >= 0.3 is 0 Å². The van der Waals surface area contributed by atoms with E-state index in [0.717, 1.165) is 23.2 Å². The number of rotatable bonds is 9. The molecule has 0 aliphatic rings. The van der Waals surface area contributed by atoms with E-state index in [0.29, 0.717) is 24.3 Å². The predicted molar refractivity (Wildman–Crippen MR) is 110 cm³/mol. The Morgan fingerprint density at radius 1 is 1.04 bits per heavy atom. The van der Waals surface area contributed by atoms with Crippen LogP contribution in [0.15, 0.2) is 42.5 Å². The number of benzene rings is 2. The van der Waals surface area contributed by atoms with Crippen molar-refractivity contribution in [1.82, 2.24) is 4.90 Å². The second kappa shape index (κ2) is 10.3. The summed E-state index contributed by atoms with van der Waals surface area (Å²) in [6, 6.07) is 13.2. The van der Waals surface area contributed by atoms with E-state index in [1.807, 2.05) is 43.3 Å². The summed E-state index contributed by atoms with van der Waals surface area (Å²) in [6.45, 7) is 2.05. The zero-order valence-corrected chi connectivity index (χ0v) is 17.0. The lowest BCUT2D eigenvalue weighted by Gasteiger charge is -2.18. The number of amides is 2. The average Bonchev–Trinajstić information content (AvgIpc) is 2.71. The van der Waals surface area contributed by atoms with Gasteiger partial charge in [-0.3, -0.25) is 9.59 Å². The molecule has 0 aliphatic carbocycles. The Balaban J connectivity index is 1.89. The van der Waals surface area contributed by atoms with Crippen molar-refractivity contribution in [1.29, 1.82) is 0 Å². The number of carbonyl (C=O) groups is 2. The van der Waals surface area contributed by atoms with Crippen molar-refractivity contribution in [2.75, 3.05) is 33.1 Å². The number of aryl methyl sites for hydroxylation is 2. The van der Waals surface area contributed by atoms with Gasteiger partial charge in [-0.15, -0.1) is 0 Å². The first-order valence-corrected chi connectivity index (χ1v) is 9.30. The van der Waals surface area contributed by atoms with Crippen molar-refractivity contribution < 1.29 is 19.1 Å². The molecule has 0 bridgehead atoms. The largest absolute Gasteiger partial charge is 0.497 e. The third-order valence-electron chi connectivity index (χ3n) is 4.52. The minimum Gasteiger partial charge on any atom is -0.497 e. The highest BCUT2D eigenvalue weighted by Gasteiger charge is 2.14. The SMILES string of the molecule is CCc1ccccc1NC(=O)CN(C)C(=O)CCc1cc(OC)cc(OC)c1. The van der Waals surface area contributed by atoms with Gasteiger partial charge in [-0.05, 0) is 42.2 Å². The van der Waals surface area contributed by atoms with E-state index < -0.39 is 0 Å². The topological polar surface area (TPSA) is 67.9 Å². The van der Waals surface area contributed by atoms with Crippen LogP contribution in [-0.4, -0.2) is 44.5 Å². The molecule has 0 saturated carbocycles. The molecule has 1 N–H and O–H groups in total. The summed E-state index contributed by atoms with van der Waals surface area (Å²) in [5.41, 5.74) is 2.80. The molecule has 0 radical (unpaired) electrons. The lowest BCUT2D eigenvalue weighted by molar-refractivity contribution is -0.133. The number of hydrogen-bond donors (Lipinski definition) is 1. The highest BCUT2D eigenvalue weighted by molar-refractivity contribution is 5.95. The normalized spacial score (nSPS) is 10.3. The monoisotopic (exact) mass is 384 g/mol. The molecule has 2 aromatic carbocycles. The van der Waals surface area contributed by atoms with Crippen LogP contribution in [0, 0.1) is 0 Å². The second-order valence-electron chi connectivity index (χ2n) is 6.53. The van der Waals surface area contributed by atoms with E-state index in [-0.39, 0.29) is 18.4 Å². The van der Waals surface area contributed by atoms with Gasteiger partial charge in [-0.2, -0.15) is 0 Å². The number of ether oxygens (including phenoxy) is 2. The predicted octanol–water partition coefficient (Wildman–Crippen LogP) is 3.30. The molecule has 0 aliphatic heterocycles. The molecule has 28 heavy (non-hydrogen) atoms. The van der Waals surface area contributed by atoms with Crippen molar-refractivity contribution in [2.45, 2.75) is 26.2 Å². The molecule has 2 aromatic rings. The van der Waals surface area contributed by atoms with Gasteiger partial charge in [0.05, 0.1) is 20.8 Å². The van der Waals surface area contributed by atoms with Crippen molar-refractivity contribution >= 4 is 17.5 Å². The summed E-state index contributed by atoms with van der Waals surface area (Å²) in [5, 5.41) is 2.89. The highest BCUT2D eigenvalue weighted by atomic mass is 16.5. The Morgan fingerprint density at radius 3 is 2.29 bits per heavy atom. The van der Waals surface area contributed by atoms with Gasteiger partial charge in [0.2, 0.25) is 11.8 Å². The molecule has 0 unspecified atom stereocenters. The first-order valence-electron chi connectivity index (χ1n) is 9.30. The molecule has 2 rings (SSSR count). The van der Waals surface area contributed by atoms with Crippen LogP contribution in [0.2, 0.25) is 0 Å². The maximum absolute atomic E-state index is 12.4. The fourth-order valence-corrected chi connectivity index (χ4v) is 2.90. The molecule has 0 atom stereocenters. The fraction of sp³-hybridized carbons (Fsp3) is 0.364. The van der Waals surface area contributed by atoms with Crippen molar-refractivity contribution in [3.05, 3.63) is 53.6 Å². The molecule has 150 valence electrons. The maximum Gasteiger partial charge on any atom is 0.243 e. The Morgan fingerprint density at radius 2 is 1.68 bits per heavy atom. The summed E-state index contributed by atoms with van der Waals surface area (Å²) in [7, 11) is 4.82. The van der Waals surface area contributed by atoms with Crippen LogP contribution in [0.4, 0.5) is 5.69 Å². The fourth-order valence-electron chi connectivity index (χ4n) is 2.90. The quantitative estimate of drug-likeness (QED) is 0.720. The summed E-state index contributed by atoms with van der Waals surface area (Å²) in [4.78, 5) is 26.2. The smallest absolute Gasteiger partial charge is 0.243 e. The summed E-state index contributed by atoms with van der Waals surface area (Å²) >= 11 is 0. The molecule has 0 fully saturated rings. The van der Waals surface area contributed by atoms with E-state index in [4.69, 9.17) is 9.47 Å². The van der Waals surface area contributed by atoms with E-state index in [2.05, 4.69) is 5.32 Å². The molecular formula is C22H28N2O4. The molecular weight excluding hydrogens is 356 g/mol. The van der Waals surface area contributed by atoms with Gasteiger partial charge in [-0.1, -0.05) is 25.1 Å². The average molecular weight is 384 g/mol. The van der Waals surface area contributed by atoms with Gasteiger partial charge in [0.25, 0.3) is 0 Å². The zero-order valence-electron chi connectivity index (χ0n) is 17.0. The van der Waals surface area contributed by atoms with Crippen LogP contribution >= 0.6 is 0 Å². The second-order valence-corrected chi connectivity index (χ2v) is 6.53. The Labute approximate surface area is 166 Å². The van der Waals surface area contributed by atoms with Gasteiger partial charge in [0.1, 0.15) is 11.5 Å². The molecule has 2 amide bonds. The van der Waals surface area contributed by atoms with Crippen molar-refractivity contribution in [2.24, 2.45) is 0 Å². The van der Waals surface area contributed by atoms with E-state index in [1.165, 1.54) is 4.90 Å². The van der Waals surface area contributed by atoms with Gasteiger partial charge in [0.15, 0.2) is 0 Å². The Hall–Kier alpha value is -3.02. The summed E-state index contributed by atoms with van der Waals surface area (Å²) < 4.78 is 10.5.